The molecule has 19 heavy (non-hydrogen) atoms. The molecule has 1 saturated heterocycles. The van der Waals surface area contributed by atoms with E-state index >= 15 is 0 Å². The normalized spacial score (nSPS) is 20.4. The maximum Gasteiger partial charge on any atom is 0.393 e. The summed E-state index contributed by atoms with van der Waals surface area (Å²) in [5.74, 6) is -1.41. The number of nitrogen functional groups attached to an aromatic ring is 1. The Balaban J connectivity index is 2.25. The van der Waals surface area contributed by atoms with Gasteiger partial charge in [0.1, 0.15) is 11.5 Å². The summed E-state index contributed by atoms with van der Waals surface area (Å²) in [5.41, 5.74) is 5.50. The molecular formula is C11H14F3N5. The second-order valence-electron chi connectivity index (χ2n) is 4.47. The number of alkyl halides is 3. The molecule has 1 aliphatic rings. The summed E-state index contributed by atoms with van der Waals surface area (Å²) in [7, 11) is 0. The molecule has 0 radical (unpaired) electrons. The summed E-state index contributed by atoms with van der Waals surface area (Å²) in [6.07, 6.45) is -0.907. The van der Waals surface area contributed by atoms with Crippen molar-refractivity contribution >= 4 is 11.7 Å². The van der Waals surface area contributed by atoms with Crippen LogP contribution in [0.1, 0.15) is 18.5 Å². The highest BCUT2D eigenvalue weighted by Crippen LogP contribution is 2.34. The molecular weight excluding hydrogens is 259 g/mol. The van der Waals surface area contributed by atoms with Gasteiger partial charge in [0, 0.05) is 25.5 Å². The number of amidine groups is 1. The minimum atomic E-state index is -4.21. The van der Waals surface area contributed by atoms with Crippen LogP contribution in [0.2, 0.25) is 0 Å². The van der Waals surface area contributed by atoms with Gasteiger partial charge >= 0.3 is 6.18 Å². The van der Waals surface area contributed by atoms with E-state index in [2.05, 4.69) is 9.97 Å². The van der Waals surface area contributed by atoms with Crippen LogP contribution in [0.4, 0.5) is 19.0 Å². The van der Waals surface area contributed by atoms with Crippen LogP contribution in [0.5, 0.6) is 0 Å². The first-order chi connectivity index (χ1) is 8.89. The molecule has 1 aliphatic heterocycles. The minimum Gasteiger partial charge on any atom is -0.382 e. The highest BCUT2D eigenvalue weighted by Gasteiger charge is 2.42. The van der Waals surface area contributed by atoms with Gasteiger partial charge in [0.15, 0.2) is 5.82 Å². The molecule has 2 heterocycles. The Hall–Kier alpha value is -1.86. The highest BCUT2D eigenvalue weighted by atomic mass is 19.4. The van der Waals surface area contributed by atoms with Crippen molar-refractivity contribution in [3.63, 3.8) is 0 Å². The Labute approximate surface area is 108 Å². The molecule has 8 heteroatoms. The molecule has 0 aliphatic carbocycles. The van der Waals surface area contributed by atoms with Crippen molar-refractivity contribution in [1.29, 1.82) is 5.41 Å². The summed E-state index contributed by atoms with van der Waals surface area (Å²) in [4.78, 5) is 9.43. The summed E-state index contributed by atoms with van der Waals surface area (Å²) in [5, 5.41) is 7.39. The van der Waals surface area contributed by atoms with E-state index in [1.165, 1.54) is 17.3 Å². The fraction of sp³-hybridized carbons (Fsp3) is 0.545. The number of nitrogens with zero attached hydrogens (tertiary/aromatic N) is 3. The van der Waals surface area contributed by atoms with Crippen LogP contribution in [0.15, 0.2) is 12.4 Å². The van der Waals surface area contributed by atoms with Gasteiger partial charge in [-0.1, -0.05) is 0 Å². The van der Waals surface area contributed by atoms with Crippen LogP contribution in [0.25, 0.3) is 0 Å². The molecule has 2 rings (SSSR count). The predicted molar refractivity (Wildman–Crippen MR) is 64.0 cm³/mol. The maximum absolute atomic E-state index is 12.8. The van der Waals surface area contributed by atoms with Crippen LogP contribution in [-0.2, 0) is 0 Å². The van der Waals surface area contributed by atoms with Crippen molar-refractivity contribution in [3.8, 4) is 0 Å². The average molecular weight is 273 g/mol. The topological polar surface area (TPSA) is 78.9 Å². The van der Waals surface area contributed by atoms with Gasteiger partial charge in [-0.15, -0.1) is 0 Å². The molecule has 1 unspecified atom stereocenters. The molecule has 104 valence electrons. The van der Waals surface area contributed by atoms with E-state index in [0.29, 0.717) is 13.0 Å². The van der Waals surface area contributed by atoms with Crippen molar-refractivity contribution in [2.75, 3.05) is 18.0 Å². The summed E-state index contributed by atoms with van der Waals surface area (Å²) >= 11 is 0. The molecule has 5 nitrogen and oxygen atoms in total. The zero-order valence-corrected chi connectivity index (χ0v) is 10.1. The van der Waals surface area contributed by atoms with E-state index < -0.39 is 12.1 Å². The van der Waals surface area contributed by atoms with Crippen molar-refractivity contribution in [2.45, 2.75) is 19.0 Å². The molecule has 1 aromatic heterocycles. The molecule has 1 atom stereocenters. The zero-order valence-electron chi connectivity index (χ0n) is 10.1. The van der Waals surface area contributed by atoms with Crippen LogP contribution in [-0.4, -0.2) is 35.1 Å². The first-order valence-electron chi connectivity index (χ1n) is 5.86. The lowest BCUT2D eigenvalue weighted by Gasteiger charge is -2.34. The molecule has 0 amide bonds. The maximum atomic E-state index is 12.8. The first kappa shape index (κ1) is 13.6. The van der Waals surface area contributed by atoms with Gasteiger partial charge in [-0.25, -0.2) is 9.97 Å². The second kappa shape index (κ2) is 5.02. The van der Waals surface area contributed by atoms with Crippen molar-refractivity contribution in [2.24, 2.45) is 11.7 Å². The third-order valence-corrected chi connectivity index (χ3v) is 3.12. The fourth-order valence-corrected chi connectivity index (χ4v) is 2.19. The molecule has 0 spiro atoms. The van der Waals surface area contributed by atoms with Crippen LogP contribution >= 0.6 is 0 Å². The van der Waals surface area contributed by atoms with Gasteiger partial charge in [0.2, 0.25) is 0 Å². The van der Waals surface area contributed by atoms with Crippen LogP contribution < -0.4 is 10.6 Å². The summed E-state index contributed by atoms with van der Waals surface area (Å²) in [6, 6.07) is 0. The van der Waals surface area contributed by atoms with E-state index in [0.717, 1.165) is 0 Å². The molecule has 0 saturated carbocycles. The Morgan fingerprint density at radius 2 is 2.05 bits per heavy atom. The Bertz CT molecular complexity index is 474. The Morgan fingerprint density at radius 1 is 1.37 bits per heavy atom. The molecule has 1 aromatic rings. The largest absolute Gasteiger partial charge is 0.393 e. The Kier molecular flexibility index (Phi) is 3.59. The minimum absolute atomic E-state index is 0.121. The van der Waals surface area contributed by atoms with E-state index in [9.17, 15) is 13.2 Å². The van der Waals surface area contributed by atoms with Gasteiger partial charge in [0.25, 0.3) is 0 Å². The molecule has 0 aromatic carbocycles. The van der Waals surface area contributed by atoms with Gasteiger partial charge in [-0.05, 0) is 12.8 Å². The summed E-state index contributed by atoms with van der Waals surface area (Å²) < 4.78 is 38.3. The second-order valence-corrected chi connectivity index (χ2v) is 4.47. The van der Waals surface area contributed by atoms with Gasteiger partial charge < -0.3 is 10.6 Å². The number of hydrogen-bond acceptors (Lipinski definition) is 4. The zero-order chi connectivity index (χ0) is 14.0. The SMILES string of the molecule is N=C(N)c1nccnc1N1CCCC(C(F)(F)F)C1. The van der Waals surface area contributed by atoms with E-state index in [-0.39, 0.29) is 30.3 Å². The molecule has 1 fully saturated rings. The Morgan fingerprint density at radius 3 is 2.68 bits per heavy atom. The number of halogens is 3. The lowest BCUT2D eigenvalue weighted by molar-refractivity contribution is -0.176. The van der Waals surface area contributed by atoms with Crippen LogP contribution in [0.3, 0.4) is 0 Å². The number of nitrogens with one attached hydrogen (secondary N) is 1. The van der Waals surface area contributed by atoms with Gasteiger partial charge in [-0.3, -0.25) is 5.41 Å². The van der Waals surface area contributed by atoms with E-state index in [1.807, 2.05) is 0 Å². The van der Waals surface area contributed by atoms with E-state index in [4.69, 9.17) is 11.1 Å². The third-order valence-electron chi connectivity index (χ3n) is 3.12. The van der Waals surface area contributed by atoms with Crippen molar-refractivity contribution < 1.29 is 13.2 Å². The number of piperidine rings is 1. The predicted octanol–water partition coefficient (Wildman–Crippen LogP) is 1.54. The highest BCUT2D eigenvalue weighted by molar-refractivity contribution is 5.97. The van der Waals surface area contributed by atoms with Gasteiger partial charge in [0.05, 0.1) is 5.92 Å². The quantitative estimate of drug-likeness (QED) is 0.633. The van der Waals surface area contributed by atoms with Crippen molar-refractivity contribution in [1.82, 2.24) is 9.97 Å². The fourth-order valence-electron chi connectivity index (χ4n) is 2.19. The monoisotopic (exact) mass is 273 g/mol. The number of hydrogen-bond donors (Lipinski definition) is 2. The number of nitrogens with two attached hydrogens (primary N) is 1. The summed E-state index contributed by atoms with van der Waals surface area (Å²) in [6.45, 7) is 0.300. The molecule has 0 bridgehead atoms. The van der Waals surface area contributed by atoms with Crippen molar-refractivity contribution in [3.05, 3.63) is 18.1 Å². The lowest BCUT2D eigenvalue weighted by Crippen LogP contribution is -2.43. The average Bonchev–Trinajstić information content (AvgIpc) is 2.38. The first-order valence-corrected chi connectivity index (χ1v) is 5.86. The van der Waals surface area contributed by atoms with Gasteiger partial charge in [-0.2, -0.15) is 13.2 Å². The smallest absolute Gasteiger partial charge is 0.382 e. The molecule has 3 N–H and O–H groups in total. The number of rotatable bonds is 2. The third kappa shape index (κ3) is 2.94. The number of aromatic nitrogens is 2. The number of anilines is 1. The standard InChI is InChI=1S/C11H14F3N5/c12-11(13,14)7-2-1-5-19(6-7)10-8(9(15)16)17-3-4-18-10/h3-4,7H,1-2,5-6H2,(H3,15,16). The van der Waals surface area contributed by atoms with Crippen LogP contribution in [0, 0.1) is 11.3 Å². The lowest BCUT2D eigenvalue weighted by atomic mass is 9.97. The van der Waals surface area contributed by atoms with E-state index in [1.54, 1.807) is 0 Å².